The van der Waals surface area contributed by atoms with Crippen molar-refractivity contribution >= 4 is 11.3 Å². The van der Waals surface area contributed by atoms with Gasteiger partial charge in [0.25, 0.3) is 0 Å². The predicted molar refractivity (Wildman–Crippen MR) is 88.9 cm³/mol. The van der Waals surface area contributed by atoms with Gasteiger partial charge in [0, 0.05) is 38.0 Å². The minimum atomic E-state index is 0.544. The highest BCUT2D eigenvalue weighted by Crippen LogP contribution is 2.22. The second-order valence-electron chi connectivity index (χ2n) is 6.27. The average molecular weight is 311 g/mol. The van der Waals surface area contributed by atoms with Gasteiger partial charge in [-0.2, -0.15) is 0 Å². The predicted octanol–water partition coefficient (Wildman–Crippen LogP) is 2.71. The molecule has 2 rings (SSSR count). The molecule has 1 aromatic rings. The van der Waals surface area contributed by atoms with Gasteiger partial charge in [0.15, 0.2) is 0 Å². The monoisotopic (exact) mass is 311 g/mol. The van der Waals surface area contributed by atoms with E-state index in [4.69, 9.17) is 9.72 Å². The minimum Gasteiger partial charge on any atom is -0.383 e. The molecule has 0 aromatic carbocycles. The summed E-state index contributed by atoms with van der Waals surface area (Å²) < 4.78 is 5.07. The summed E-state index contributed by atoms with van der Waals surface area (Å²) in [6, 6.07) is 0. The van der Waals surface area contributed by atoms with Gasteiger partial charge in [-0.1, -0.05) is 13.8 Å². The van der Waals surface area contributed by atoms with Crippen LogP contribution in [0, 0.1) is 5.92 Å². The Balaban J connectivity index is 1.75. The van der Waals surface area contributed by atoms with Crippen LogP contribution >= 0.6 is 11.3 Å². The molecule has 120 valence electrons. The molecule has 1 unspecified atom stereocenters. The Morgan fingerprint density at radius 1 is 1.52 bits per heavy atom. The van der Waals surface area contributed by atoms with Crippen molar-refractivity contribution in [1.29, 1.82) is 0 Å². The van der Waals surface area contributed by atoms with E-state index in [9.17, 15) is 0 Å². The van der Waals surface area contributed by atoms with Gasteiger partial charge in [0.05, 0.1) is 17.3 Å². The Morgan fingerprint density at radius 3 is 3.10 bits per heavy atom. The van der Waals surface area contributed by atoms with Gasteiger partial charge in [0.1, 0.15) is 0 Å². The number of nitrogens with zero attached hydrogens (tertiary/aromatic N) is 2. The number of nitrogens with one attached hydrogen (secondary N) is 1. The highest BCUT2D eigenvalue weighted by molar-refractivity contribution is 7.09. The molecule has 4 nitrogen and oxygen atoms in total. The van der Waals surface area contributed by atoms with E-state index in [1.165, 1.54) is 36.6 Å². The molecule has 1 saturated heterocycles. The van der Waals surface area contributed by atoms with Crippen LogP contribution in [0.15, 0.2) is 5.38 Å². The maximum absolute atomic E-state index is 5.07. The van der Waals surface area contributed by atoms with E-state index in [0.717, 1.165) is 32.2 Å². The van der Waals surface area contributed by atoms with Crippen LogP contribution in [-0.2, 0) is 11.3 Å². The van der Waals surface area contributed by atoms with Crippen LogP contribution in [0.4, 0.5) is 0 Å². The SMILES string of the molecule is COCCNCC1CCCN(Cc2csc(C(C)C)n2)C1. The summed E-state index contributed by atoms with van der Waals surface area (Å²) >= 11 is 1.80. The summed E-state index contributed by atoms with van der Waals surface area (Å²) in [7, 11) is 1.75. The highest BCUT2D eigenvalue weighted by atomic mass is 32.1. The number of rotatable bonds is 8. The second-order valence-corrected chi connectivity index (χ2v) is 7.16. The van der Waals surface area contributed by atoms with E-state index in [1.807, 2.05) is 0 Å². The molecule has 0 radical (unpaired) electrons. The van der Waals surface area contributed by atoms with Crippen LogP contribution < -0.4 is 5.32 Å². The number of hydrogen-bond donors (Lipinski definition) is 1. The van der Waals surface area contributed by atoms with E-state index in [1.54, 1.807) is 18.4 Å². The van der Waals surface area contributed by atoms with Crippen LogP contribution in [0.1, 0.15) is 43.3 Å². The van der Waals surface area contributed by atoms with Crippen molar-refractivity contribution in [2.45, 2.75) is 39.2 Å². The summed E-state index contributed by atoms with van der Waals surface area (Å²) in [5.74, 6) is 1.31. The van der Waals surface area contributed by atoms with E-state index >= 15 is 0 Å². The molecule has 21 heavy (non-hydrogen) atoms. The van der Waals surface area contributed by atoms with Crippen molar-refractivity contribution in [2.24, 2.45) is 5.92 Å². The smallest absolute Gasteiger partial charge is 0.0954 e. The number of ether oxygens (including phenoxy) is 1. The molecule has 2 heterocycles. The summed E-state index contributed by atoms with van der Waals surface area (Å²) in [5.41, 5.74) is 1.25. The molecule has 1 aliphatic rings. The Hall–Kier alpha value is -0.490. The Kier molecular flexibility index (Phi) is 7.10. The Bertz CT molecular complexity index is 408. The molecule has 5 heteroatoms. The number of piperidine rings is 1. The van der Waals surface area contributed by atoms with Gasteiger partial charge in [-0.15, -0.1) is 11.3 Å². The molecule has 0 spiro atoms. The van der Waals surface area contributed by atoms with Gasteiger partial charge >= 0.3 is 0 Å². The van der Waals surface area contributed by atoms with Crippen molar-refractivity contribution in [2.75, 3.05) is 39.9 Å². The van der Waals surface area contributed by atoms with Crippen molar-refractivity contribution in [1.82, 2.24) is 15.2 Å². The van der Waals surface area contributed by atoms with E-state index < -0.39 is 0 Å². The summed E-state index contributed by atoms with van der Waals surface area (Å²) in [4.78, 5) is 7.32. The lowest BCUT2D eigenvalue weighted by atomic mass is 9.98. The van der Waals surface area contributed by atoms with E-state index in [2.05, 4.69) is 29.4 Å². The van der Waals surface area contributed by atoms with Crippen LogP contribution in [0.25, 0.3) is 0 Å². The van der Waals surface area contributed by atoms with Crippen LogP contribution in [-0.4, -0.2) is 49.8 Å². The first kappa shape index (κ1) is 16.9. The summed E-state index contributed by atoms with van der Waals surface area (Å²) in [5, 5.41) is 6.99. The molecule has 1 fully saturated rings. The first-order valence-corrected chi connectivity index (χ1v) is 8.93. The molecule has 0 amide bonds. The zero-order chi connectivity index (χ0) is 15.1. The van der Waals surface area contributed by atoms with E-state index in [-0.39, 0.29) is 0 Å². The van der Waals surface area contributed by atoms with Crippen molar-refractivity contribution < 1.29 is 4.74 Å². The first-order valence-electron chi connectivity index (χ1n) is 8.05. The van der Waals surface area contributed by atoms with Crippen LogP contribution in [0.5, 0.6) is 0 Å². The van der Waals surface area contributed by atoms with Crippen LogP contribution in [0.3, 0.4) is 0 Å². The third-order valence-electron chi connectivity index (χ3n) is 3.97. The maximum Gasteiger partial charge on any atom is 0.0954 e. The molecule has 1 atom stereocenters. The molecule has 0 bridgehead atoms. The molecule has 1 aliphatic heterocycles. The number of aromatic nitrogens is 1. The normalized spacial score (nSPS) is 20.3. The lowest BCUT2D eigenvalue weighted by Crippen LogP contribution is -2.39. The van der Waals surface area contributed by atoms with Crippen molar-refractivity contribution in [3.63, 3.8) is 0 Å². The molecule has 1 N–H and O–H groups in total. The fraction of sp³-hybridized carbons (Fsp3) is 0.812. The highest BCUT2D eigenvalue weighted by Gasteiger charge is 2.20. The van der Waals surface area contributed by atoms with Gasteiger partial charge in [-0.3, -0.25) is 4.90 Å². The topological polar surface area (TPSA) is 37.4 Å². The van der Waals surface area contributed by atoms with Crippen molar-refractivity contribution in [3.05, 3.63) is 16.1 Å². The number of thiazole rings is 1. The zero-order valence-electron chi connectivity index (χ0n) is 13.6. The zero-order valence-corrected chi connectivity index (χ0v) is 14.4. The van der Waals surface area contributed by atoms with Crippen molar-refractivity contribution in [3.8, 4) is 0 Å². The molecule has 0 aliphatic carbocycles. The largest absolute Gasteiger partial charge is 0.383 e. The fourth-order valence-electron chi connectivity index (χ4n) is 2.83. The average Bonchev–Trinajstić information content (AvgIpc) is 2.93. The van der Waals surface area contributed by atoms with Gasteiger partial charge in [0.2, 0.25) is 0 Å². The third-order valence-corrected chi connectivity index (χ3v) is 5.16. The number of likely N-dealkylation sites (tertiary alicyclic amines) is 1. The molecule has 0 saturated carbocycles. The molecular formula is C16H29N3OS. The Labute approximate surface area is 132 Å². The lowest BCUT2D eigenvalue weighted by molar-refractivity contribution is 0.158. The fourth-order valence-corrected chi connectivity index (χ4v) is 3.66. The first-order chi connectivity index (χ1) is 10.2. The quantitative estimate of drug-likeness (QED) is 0.749. The lowest BCUT2D eigenvalue weighted by Gasteiger charge is -2.32. The van der Waals surface area contributed by atoms with E-state index in [0.29, 0.717) is 5.92 Å². The number of hydrogen-bond acceptors (Lipinski definition) is 5. The third kappa shape index (κ3) is 5.66. The molecule has 1 aromatic heterocycles. The second kappa shape index (κ2) is 8.83. The van der Waals surface area contributed by atoms with Gasteiger partial charge < -0.3 is 10.1 Å². The summed E-state index contributed by atoms with van der Waals surface area (Å²) in [6.45, 7) is 10.7. The molecular weight excluding hydrogens is 282 g/mol. The van der Waals surface area contributed by atoms with Gasteiger partial charge in [-0.25, -0.2) is 4.98 Å². The van der Waals surface area contributed by atoms with Gasteiger partial charge in [-0.05, 0) is 31.8 Å². The number of methoxy groups -OCH3 is 1. The Morgan fingerprint density at radius 2 is 2.38 bits per heavy atom. The van der Waals surface area contributed by atoms with Crippen LogP contribution in [0.2, 0.25) is 0 Å². The minimum absolute atomic E-state index is 0.544. The summed E-state index contributed by atoms with van der Waals surface area (Å²) in [6.07, 6.45) is 2.64. The standard InChI is InChI=1S/C16H29N3OS/c1-13(2)16-18-15(12-21-16)11-19-7-4-5-14(10-19)9-17-6-8-20-3/h12-14,17H,4-11H2,1-3H3. The maximum atomic E-state index is 5.07.